The molecular weight excluding hydrogens is 428 g/mol. The van der Waals surface area contributed by atoms with Crippen molar-refractivity contribution >= 4 is 34.8 Å². The molecular formula is C24H25ClN4O3. The monoisotopic (exact) mass is 452 g/mol. The Kier molecular flexibility index (Phi) is 7.43. The number of benzene rings is 2. The summed E-state index contributed by atoms with van der Waals surface area (Å²) in [7, 11) is 0. The van der Waals surface area contributed by atoms with Crippen molar-refractivity contribution in [2.24, 2.45) is 0 Å². The molecule has 1 heterocycles. The number of amides is 2. The number of nitrogens with zero attached hydrogens (tertiary/aromatic N) is 2. The molecule has 0 fully saturated rings. The SMILES string of the molecule is CCC(=O)Nc1cc(-c2ccc(Cl)cc2)nn([C@@H](C)C(=O)Nc2ccccc2CC)c1=O. The van der Waals surface area contributed by atoms with Crippen molar-refractivity contribution in [3.05, 3.63) is 75.5 Å². The zero-order chi connectivity index (χ0) is 23.3. The van der Waals surface area contributed by atoms with E-state index >= 15 is 0 Å². The van der Waals surface area contributed by atoms with Crippen LogP contribution in [0.5, 0.6) is 0 Å². The molecule has 1 aromatic heterocycles. The van der Waals surface area contributed by atoms with Gasteiger partial charge >= 0.3 is 0 Å². The molecule has 0 bridgehead atoms. The first-order valence-corrected chi connectivity index (χ1v) is 10.8. The summed E-state index contributed by atoms with van der Waals surface area (Å²) in [6, 6.07) is 15.0. The summed E-state index contributed by atoms with van der Waals surface area (Å²) >= 11 is 5.98. The Morgan fingerprint density at radius 3 is 2.38 bits per heavy atom. The van der Waals surface area contributed by atoms with E-state index in [4.69, 9.17) is 11.6 Å². The summed E-state index contributed by atoms with van der Waals surface area (Å²) in [6.45, 7) is 5.28. The summed E-state index contributed by atoms with van der Waals surface area (Å²) in [5, 5.41) is 10.5. The largest absolute Gasteiger partial charge is 0.324 e. The van der Waals surface area contributed by atoms with Crippen LogP contribution in [0.1, 0.15) is 38.8 Å². The van der Waals surface area contributed by atoms with Gasteiger partial charge < -0.3 is 10.6 Å². The van der Waals surface area contributed by atoms with E-state index in [1.807, 2.05) is 31.2 Å². The molecule has 0 aliphatic rings. The van der Waals surface area contributed by atoms with Gasteiger partial charge in [0.2, 0.25) is 11.8 Å². The number of carbonyl (C=O) groups excluding carboxylic acids is 2. The normalized spacial score (nSPS) is 11.6. The number of carbonyl (C=O) groups is 2. The molecule has 0 radical (unpaired) electrons. The third-order valence-corrected chi connectivity index (χ3v) is 5.32. The van der Waals surface area contributed by atoms with E-state index in [0.717, 1.165) is 16.7 Å². The molecule has 0 unspecified atom stereocenters. The minimum Gasteiger partial charge on any atom is -0.324 e. The first-order chi connectivity index (χ1) is 15.3. The number of para-hydroxylation sites is 1. The quantitative estimate of drug-likeness (QED) is 0.544. The van der Waals surface area contributed by atoms with Gasteiger partial charge in [0.05, 0.1) is 5.69 Å². The Bertz CT molecular complexity index is 1190. The molecule has 2 aromatic carbocycles. The van der Waals surface area contributed by atoms with Crippen LogP contribution in [0.25, 0.3) is 11.3 Å². The molecule has 0 saturated heterocycles. The summed E-state index contributed by atoms with van der Waals surface area (Å²) in [5.74, 6) is -0.697. The number of aromatic nitrogens is 2. The number of aryl methyl sites for hydroxylation is 1. The molecule has 0 spiro atoms. The van der Waals surface area contributed by atoms with Crippen molar-refractivity contribution in [2.45, 2.75) is 39.7 Å². The van der Waals surface area contributed by atoms with E-state index in [2.05, 4.69) is 15.7 Å². The van der Waals surface area contributed by atoms with Gasteiger partial charge in [0.1, 0.15) is 11.7 Å². The summed E-state index contributed by atoms with van der Waals surface area (Å²) in [4.78, 5) is 38.0. The van der Waals surface area contributed by atoms with Gasteiger partial charge in [-0.2, -0.15) is 5.10 Å². The van der Waals surface area contributed by atoms with Gasteiger partial charge in [0.25, 0.3) is 5.56 Å². The maximum atomic E-state index is 13.1. The second-order valence-corrected chi connectivity index (χ2v) is 7.71. The third kappa shape index (κ3) is 5.23. The van der Waals surface area contributed by atoms with Crippen LogP contribution in [0.2, 0.25) is 5.02 Å². The molecule has 0 saturated carbocycles. The second kappa shape index (κ2) is 10.2. The predicted octanol–water partition coefficient (Wildman–Crippen LogP) is 4.67. The molecule has 3 aromatic rings. The number of halogens is 1. The van der Waals surface area contributed by atoms with E-state index in [1.165, 1.54) is 6.07 Å². The highest BCUT2D eigenvalue weighted by Crippen LogP contribution is 2.22. The van der Waals surface area contributed by atoms with Gasteiger partial charge in [-0.05, 0) is 43.2 Å². The van der Waals surface area contributed by atoms with E-state index in [9.17, 15) is 14.4 Å². The Labute approximate surface area is 191 Å². The van der Waals surface area contributed by atoms with Crippen LogP contribution in [0.4, 0.5) is 11.4 Å². The van der Waals surface area contributed by atoms with Crippen molar-refractivity contribution in [1.82, 2.24) is 9.78 Å². The maximum absolute atomic E-state index is 13.1. The van der Waals surface area contributed by atoms with Crippen molar-refractivity contribution in [2.75, 3.05) is 10.6 Å². The van der Waals surface area contributed by atoms with Crippen LogP contribution in [0.3, 0.4) is 0 Å². The average Bonchev–Trinajstić information content (AvgIpc) is 2.80. The van der Waals surface area contributed by atoms with Gasteiger partial charge in [-0.3, -0.25) is 14.4 Å². The highest BCUT2D eigenvalue weighted by atomic mass is 35.5. The lowest BCUT2D eigenvalue weighted by Crippen LogP contribution is -2.35. The van der Waals surface area contributed by atoms with Gasteiger partial charge in [-0.25, -0.2) is 4.68 Å². The Balaban J connectivity index is 2.02. The average molecular weight is 453 g/mol. The van der Waals surface area contributed by atoms with Crippen molar-refractivity contribution in [1.29, 1.82) is 0 Å². The van der Waals surface area contributed by atoms with Gasteiger partial charge in [0, 0.05) is 22.7 Å². The topological polar surface area (TPSA) is 93.1 Å². The first kappa shape index (κ1) is 23.2. The molecule has 2 N–H and O–H groups in total. The number of hydrogen-bond acceptors (Lipinski definition) is 4. The molecule has 32 heavy (non-hydrogen) atoms. The molecule has 8 heteroatoms. The van der Waals surface area contributed by atoms with Crippen LogP contribution in [0.15, 0.2) is 59.4 Å². The van der Waals surface area contributed by atoms with Crippen molar-refractivity contribution in [3.8, 4) is 11.3 Å². The molecule has 1 atom stereocenters. The number of nitrogens with one attached hydrogen (secondary N) is 2. The van der Waals surface area contributed by atoms with Gasteiger partial charge in [-0.1, -0.05) is 55.8 Å². The predicted molar refractivity (Wildman–Crippen MR) is 127 cm³/mol. The Morgan fingerprint density at radius 1 is 1.03 bits per heavy atom. The summed E-state index contributed by atoms with van der Waals surface area (Å²) in [6.07, 6.45) is 0.962. The standard InChI is InChI=1S/C24H25ClN4O3/c1-4-16-8-6-7-9-19(16)27-23(31)15(3)29-24(32)21(26-22(30)5-2)14-20(28-29)17-10-12-18(25)13-11-17/h6-15H,4-5H2,1-3H3,(H,26,30)(H,27,31)/t15-/m0/s1. The molecule has 0 aliphatic carbocycles. The molecule has 2 amide bonds. The molecule has 0 aliphatic heterocycles. The highest BCUT2D eigenvalue weighted by molar-refractivity contribution is 6.30. The summed E-state index contributed by atoms with van der Waals surface area (Å²) < 4.78 is 1.10. The van der Waals surface area contributed by atoms with E-state index in [0.29, 0.717) is 22.0 Å². The van der Waals surface area contributed by atoms with Crippen LogP contribution >= 0.6 is 11.6 Å². The van der Waals surface area contributed by atoms with E-state index < -0.39 is 11.6 Å². The maximum Gasteiger partial charge on any atom is 0.291 e. The number of anilines is 2. The minimum absolute atomic E-state index is 0.0606. The highest BCUT2D eigenvalue weighted by Gasteiger charge is 2.22. The third-order valence-electron chi connectivity index (χ3n) is 5.07. The van der Waals surface area contributed by atoms with E-state index in [1.54, 1.807) is 38.1 Å². The Morgan fingerprint density at radius 2 is 1.72 bits per heavy atom. The summed E-state index contributed by atoms with van der Waals surface area (Å²) in [5.41, 5.74) is 2.30. The zero-order valence-corrected chi connectivity index (χ0v) is 18.9. The van der Waals surface area contributed by atoms with E-state index in [-0.39, 0.29) is 23.9 Å². The smallest absolute Gasteiger partial charge is 0.291 e. The first-order valence-electron chi connectivity index (χ1n) is 10.4. The van der Waals surface area contributed by atoms with Crippen molar-refractivity contribution < 1.29 is 9.59 Å². The van der Waals surface area contributed by atoms with Gasteiger partial charge in [0.15, 0.2) is 0 Å². The fourth-order valence-electron chi connectivity index (χ4n) is 3.16. The fraction of sp³-hybridized carbons (Fsp3) is 0.250. The Hall–Kier alpha value is -3.45. The molecule has 7 nitrogen and oxygen atoms in total. The lowest BCUT2D eigenvalue weighted by atomic mass is 10.1. The molecule has 3 rings (SSSR count). The fourth-order valence-corrected chi connectivity index (χ4v) is 3.29. The lowest BCUT2D eigenvalue weighted by Gasteiger charge is -2.18. The second-order valence-electron chi connectivity index (χ2n) is 7.28. The van der Waals surface area contributed by atoms with Crippen molar-refractivity contribution in [3.63, 3.8) is 0 Å². The number of rotatable bonds is 7. The van der Waals surface area contributed by atoms with Crippen LogP contribution < -0.4 is 16.2 Å². The number of hydrogen-bond donors (Lipinski definition) is 2. The van der Waals surface area contributed by atoms with Gasteiger partial charge in [-0.15, -0.1) is 0 Å². The zero-order valence-electron chi connectivity index (χ0n) is 18.2. The molecule has 166 valence electrons. The van der Waals surface area contributed by atoms with Crippen LogP contribution in [0, 0.1) is 0 Å². The minimum atomic E-state index is -0.919. The van der Waals surface area contributed by atoms with Crippen LogP contribution in [-0.2, 0) is 16.0 Å². The van der Waals surface area contributed by atoms with Crippen LogP contribution in [-0.4, -0.2) is 21.6 Å². The lowest BCUT2D eigenvalue weighted by molar-refractivity contribution is -0.119.